The maximum atomic E-state index is 10.0. The second-order valence-electron chi connectivity index (χ2n) is 34.7. The summed E-state index contributed by atoms with van der Waals surface area (Å²) in [4.78, 5) is 0. The van der Waals surface area contributed by atoms with Crippen molar-refractivity contribution in [3.8, 4) is 0 Å². The minimum atomic E-state index is -0.204. The number of rotatable bonds is 2. The van der Waals surface area contributed by atoms with Gasteiger partial charge in [0.1, 0.15) is 12.2 Å². The van der Waals surface area contributed by atoms with Crippen LogP contribution in [-0.2, 0) is 18.9 Å². The van der Waals surface area contributed by atoms with Crippen LogP contribution in [0.5, 0.6) is 0 Å². The Morgan fingerprint density at radius 3 is 0.467 bits per heavy atom. The van der Waals surface area contributed by atoms with E-state index in [1.807, 2.05) is 0 Å². The van der Waals surface area contributed by atoms with Crippen molar-refractivity contribution >= 4 is 0 Å². The van der Waals surface area contributed by atoms with Gasteiger partial charge in [0, 0.05) is 26.4 Å². The molecule has 0 amide bonds. The number of aliphatic hydroxyl groups excluding tert-OH is 2. The number of hydrogen-bond donors (Lipinski definition) is 2. The maximum Gasteiger partial charge on any atom is 0.104 e. The van der Waals surface area contributed by atoms with Crippen molar-refractivity contribution in [2.45, 2.75) is 406 Å². The van der Waals surface area contributed by atoms with E-state index in [0.29, 0.717) is 36.9 Å². The van der Waals surface area contributed by atoms with E-state index < -0.39 is 0 Å². The summed E-state index contributed by atoms with van der Waals surface area (Å²) < 4.78 is 24.4. The minimum absolute atomic E-state index is 0.0414. The average Bonchev–Trinajstić information content (AvgIpc) is 3.70. The third-order valence-corrected chi connectivity index (χ3v) is 23.5. The van der Waals surface area contributed by atoms with E-state index in [4.69, 9.17) is 18.9 Å². The van der Waals surface area contributed by atoms with Crippen molar-refractivity contribution < 1.29 is 29.2 Å². The van der Waals surface area contributed by atoms with Crippen LogP contribution in [0.4, 0.5) is 0 Å². The Hall–Kier alpha value is -0.240. The van der Waals surface area contributed by atoms with Gasteiger partial charge in [-0.3, -0.25) is 0 Å². The third-order valence-electron chi connectivity index (χ3n) is 23.5. The molecule has 18 unspecified atom stereocenters. The van der Waals surface area contributed by atoms with E-state index in [9.17, 15) is 10.2 Å². The first-order valence-electron chi connectivity index (χ1n) is 41.8. The first-order chi connectivity index (χ1) is 44.2. The van der Waals surface area contributed by atoms with Gasteiger partial charge < -0.3 is 29.2 Å². The molecule has 6 heteroatoms. The smallest absolute Gasteiger partial charge is 0.104 e. The molecule has 552 valence electrons. The summed E-state index contributed by atoms with van der Waals surface area (Å²) in [6.07, 6.45) is 59.0. The van der Waals surface area contributed by atoms with Crippen molar-refractivity contribution in [1.29, 1.82) is 0 Å². The zero-order chi connectivity index (χ0) is 68.0. The van der Waals surface area contributed by atoms with Gasteiger partial charge in [-0.1, -0.05) is 368 Å². The fourth-order valence-corrected chi connectivity index (χ4v) is 15.4. The van der Waals surface area contributed by atoms with Crippen molar-refractivity contribution in [2.75, 3.05) is 52.9 Å². The van der Waals surface area contributed by atoms with E-state index in [2.05, 4.69) is 111 Å². The molecule has 2 N–H and O–H groups in total. The zero-order valence-corrected chi connectivity index (χ0v) is 65.7. The minimum Gasteiger partial charge on any atom is -0.394 e. The quantitative estimate of drug-likeness (QED) is 0.287. The number of hydrogen-bond acceptors (Lipinski definition) is 6. The summed E-state index contributed by atoms with van der Waals surface area (Å²) in [5, 5.41) is 20.1. The molecule has 6 nitrogen and oxygen atoms in total. The van der Waals surface area contributed by atoms with Crippen LogP contribution in [0, 0.1) is 94.7 Å². The lowest BCUT2D eigenvalue weighted by molar-refractivity contribution is -0.0471. The molecular formula is C86H172O6. The highest BCUT2D eigenvalue weighted by Crippen LogP contribution is 2.31. The molecule has 92 heavy (non-hydrogen) atoms. The predicted octanol–water partition coefficient (Wildman–Crippen LogP) is 26.1. The predicted molar refractivity (Wildman–Crippen MR) is 405 cm³/mol. The molecule has 0 aliphatic carbocycles. The SMILES string of the molecule is CC1CCCC(C)CCCC(C)CCC(C)CCCC(C)CCCC(C)CCCC(C)CCOCC(CO)OCCC(C)CCCC(C)CCCC(C)CCCC(C)CCC(C)CCCC(C)CCCC(C)CCCC(C)CCOC(CO)COCCC(C)CCC1. The number of aliphatic hydroxyl groups is 2. The van der Waals surface area contributed by atoms with Crippen molar-refractivity contribution in [2.24, 2.45) is 94.7 Å². The highest BCUT2D eigenvalue weighted by Gasteiger charge is 2.18. The van der Waals surface area contributed by atoms with Gasteiger partial charge in [-0.25, -0.2) is 0 Å². The van der Waals surface area contributed by atoms with E-state index in [1.54, 1.807) is 0 Å². The lowest BCUT2D eigenvalue weighted by atomic mass is 9.88. The van der Waals surface area contributed by atoms with Gasteiger partial charge >= 0.3 is 0 Å². The van der Waals surface area contributed by atoms with Crippen LogP contribution >= 0.6 is 0 Å². The average molecular weight is 1300 g/mol. The van der Waals surface area contributed by atoms with Gasteiger partial charge in [0.15, 0.2) is 0 Å². The molecule has 1 aliphatic heterocycles. The topological polar surface area (TPSA) is 77.4 Å². The molecule has 1 rings (SSSR count). The van der Waals surface area contributed by atoms with Crippen molar-refractivity contribution in [3.05, 3.63) is 0 Å². The highest BCUT2D eigenvalue weighted by molar-refractivity contribution is 4.70. The van der Waals surface area contributed by atoms with Crippen molar-refractivity contribution in [3.63, 3.8) is 0 Å². The van der Waals surface area contributed by atoms with E-state index >= 15 is 0 Å². The van der Waals surface area contributed by atoms with Crippen LogP contribution in [0.3, 0.4) is 0 Å². The van der Waals surface area contributed by atoms with Gasteiger partial charge in [0.05, 0.1) is 26.4 Å². The summed E-state index contributed by atoms with van der Waals surface area (Å²) in [7, 11) is 0. The number of ether oxygens (including phenoxy) is 4. The Morgan fingerprint density at radius 2 is 0.315 bits per heavy atom. The van der Waals surface area contributed by atoms with Gasteiger partial charge in [-0.2, -0.15) is 0 Å². The molecule has 0 aromatic heterocycles. The Labute approximate surface area is 579 Å². The Kier molecular flexibility index (Phi) is 59.2. The van der Waals surface area contributed by atoms with Crippen molar-refractivity contribution in [1.82, 2.24) is 0 Å². The van der Waals surface area contributed by atoms with Gasteiger partial charge in [-0.05, 0) is 120 Å². The maximum absolute atomic E-state index is 10.0. The molecule has 0 spiro atoms. The second kappa shape index (κ2) is 60.7. The Bertz CT molecular complexity index is 1410. The molecule has 1 heterocycles. The monoisotopic (exact) mass is 1300 g/mol. The lowest BCUT2D eigenvalue weighted by Gasteiger charge is -2.19. The van der Waals surface area contributed by atoms with Crippen LogP contribution in [0.1, 0.15) is 393 Å². The Morgan fingerprint density at radius 1 is 0.185 bits per heavy atom. The second-order valence-corrected chi connectivity index (χ2v) is 34.7. The summed E-state index contributed by atoms with van der Waals surface area (Å²) in [6, 6.07) is 0. The van der Waals surface area contributed by atoms with Crippen LogP contribution in [0.15, 0.2) is 0 Å². The van der Waals surface area contributed by atoms with E-state index in [0.717, 1.165) is 123 Å². The first kappa shape index (κ1) is 89.8. The van der Waals surface area contributed by atoms with E-state index in [-0.39, 0.29) is 25.4 Å². The molecule has 18 atom stereocenters. The van der Waals surface area contributed by atoms with Gasteiger partial charge in [0.25, 0.3) is 0 Å². The fourth-order valence-electron chi connectivity index (χ4n) is 15.4. The first-order valence-corrected chi connectivity index (χ1v) is 41.8. The summed E-state index contributed by atoms with van der Waals surface area (Å²) in [5.74, 6) is 12.9. The molecule has 0 radical (unpaired) electrons. The van der Waals surface area contributed by atoms with Crippen LogP contribution < -0.4 is 0 Å². The molecular weight excluding hydrogens is 1130 g/mol. The zero-order valence-electron chi connectivity index (χ0n) is 65.7. The summed E-state index contributed by atoms with van der Waals surface area (Å²) in [6.45, 7) is 43.7. The molecule has 0 aromatic rings. The highest BCUT2D eigenvalue weighted by atomic mass is 16.5. The van der Waals surface area contributed by atoms with Gasteiger partial charge in [0.2, 0.25) is 0 Å². The fraction of sp³-hybridized carbons (Fsp3) is 1.00. The molecule has 0 bridgehead atoms. The summed E-state index contributed by atoms with van der Waals surface area (Å²) in [5.41, 5.74) is 0. The Balaban J connectivity index is 2.51. The summed E-state index contributed by atoms with van der Waals surface area (Å²) >= 11 is 0. The standard InChI is InChI=1S/C86H172O6/c1-69-29-17-33-73(5)41-25-49-81(13)57-61-89-67-85(65-87)91-63-59-83(15)51-27-43-75(7)35-19-31-71(3)39-23-47-79(11)55-56-80(12)48-24-40-72(4)32-20-36-76(8)44-28-52-84(16)60-64-92-86(66-88)68-90-62-58-82(14)50-26-42-74(6)34-18-30-70(2)38-22-46-78(10)54-53-77(9)45-21-37-69/h69-88H,17-68H2,1-16H3. The van der Waals surface area contributed by atoms with Gasteiger partial charge in [-0.15, -0.1) is 0 Å². The molecule has 0 saturated carbocycles. The largest absolute Gasteiger partial charge is 0.394 e. The van der Waals surface area contributed by atoms with Crippen LogP contribution in [0.2, 0.25) is 0 Å². The molecule has 0 aromatic carbocycles. The van der Waals surface area contributed by atoms with Crippen LogP contribution in [-0.4, -0.2) is 75.3 Å². The molecule has 1 aliphatic rings. The molecule has 1 fully saturated rings. The normalized spacial score (nSPS) is 36.1. The van der Waals surface area contributed by atoms with E-state index in [1.165, 1.54) is 257 Å². The molecule has 1 saturated heterocycles. The van der Waals surface area contributed by atoms with Crippen LogP contribution in [0.25, 0.3) is 0 Å². The third kappa shape index (κ3) is 56.6. The lowest BCUT2D eigenvalue weighted by Crippen LogP contribution is -2.25.